The molecule has 0 saturated carbocycles. The van der Waals surface area contributed by atoms with Crippen molar-refractivity contribution in [2.75, 3.05) is 44.7 Å². The van der Waals surface area contributed by atoms with E-state index in [2.05, 4.69) is 11.4 Å². The average Bonchev–Trinajstić information content (AvgIpc) is 2.47. The van der Waals surface area contributed by atoms with E-state index in [0.29, 0.717) is 10.6 Å². The number of piperazine rings is 1. The summed E-state index contributed by atoms with van der Waals surface area (Å²) in [6.07, 6.45) is 0. The second-order valence-electron chi connectivity index (χ2n) is 4.76. The normalized spacial score (nSPS) is 14.8. The van der Waals surface area contributed by atoms with Crippen molar-refractivity contribution in [3.8, 4) is 6.07 Å². The highest BCUT2D eigenvalue weighted by Crippen LogP contribution is 2.22. The van der Waals surface area contributed by atoms with Crippen molar-refractivity contribution in [3.63, 3.8) is 0 Å². The molecule has 1 aliphatic rings. The number of amides is 1. The second-order valence-corrected chi connectivity index (χ2v) is 5.20. The maximum atomic E-state index is 12.2. The fraction of sp³-hybridized carbons (Fsp3) is 0.429. The van der Waals surface area contributed by atoms with Gasteiger partial charge in [0.15, 0.2) is 0 Å². The van der Waals surface area contributed by atoms with Crippen LogP contribution in [0, 0.1) is 11.3 Å². The number of nitrogens with zero attached hydrogens (tertiary/aromatic N) is 3. The number of hydrogen-bond acceptors (Lipinski definition) is 4. The van der Waals surface area contributed by atoms with Crippen molar-refractivity contribution in [3.05, 3.63) is 28.8 Å². The van der Waals surface area contributed by atoms with E-state index >= 15 is 0 Å². The minimum absolute atomic E-state index is 0.0767. The van der Waals surface area contributed by atoms with E-state index in [4.69, 9.17) is 16.9 Å². The lowest BCUT2D eigenvalue weighted by Gasteiger charge is -2.30. The third kappa shape index (κ3) is 3.41. The fourth-order valence-electron chi connectivity index (χ4n) is 2.23. The molecule has 1 N–H and O–H groups in total. The van der Waals surface area contributed by atoms with E-state index in [-0.39, 0.29) is 12.5 Å². The Bertz CT molecular complexity index is 534. The summed E-state index contributed by atoms with van der Waals surface area (Å²) >= 11 is 5.88. The number of rotatable bonds is 3. The predicted molar refractivity (Wildman–Crippen MR) is 78.9 cm³/mol. The number of hydrogen-bond donors (Lipinski definition) is 1. The van der Waals surface area contributed by atoms with Gasteiger partial charge in [-0.1, -0.05) is 11.6 Å². The first-order valence-corrected chi connectivity index (χ1v) is 6.89. The zero-order valence-corrected chi connectivity index (χ0v) is 12.2. The van der Waals surface area contributed by atoms with Crippen molar-refractivity contribution >= 4 is 23.2 Å². The van der Waals surface area contributed by atoms with Gasteiger partial charge in [0.2, 0.25) is 5.91 Å². The Labute approximate surface area is 123 Å². The van der Waals surface area contributed by atoms with E-state index in [1.165, 1.54) is 0 Å². The highest BCUT2D eigenvalue weighted by atomic mass is 35.5. The first-order chi connectivity index (χ1) is 9.61. The smallest absolute Gasteiger partial charge is 0.242 e. The number of carbonyl (C=O) groups excluding carboxylic acids is 1. The third-order valence-corrected chi connectivity index (χ3v) is 3.57. The van der Waals surface area contributed by atoms with Gasteiger partial charge in [0.1, 0.15) is 6.07 Å². The molecule has 5 nitrogen and oxygen atoms in total. The van der Waals surface area contributed by atoms with Crippen molar-refractivity contribution < 1.29 is 4.79 Å². The van der Waals surface area contributed by atoms with E-state index in [9.17, 15) is 4.79 Å². The van der Waals surface area contributed by atoms with Gasteiger partial charge in [-0.25, -0.2) is 0 Å². The minimum atomic E-state index is 0.0767. The SMILES string of the molecule is CN(CC(=O)N1CCNCC1)c1ccc(Cl)cc1C#N. The van der Waals surface area contributed by atoms with Gasteiger partial charge in [0.05, 0.1) is 17.8 Å². The summed E-state index contributed by atoms with van der Waals surface area (Å²) in [5, 5.41) is 12.9. The molecule has 20 heavy (non-hydrogen) atoms. The zero-order chi connectivity index (χ0) is 14.5. The molecule has 0 bridgehead atoms. The van der Waals surface area contributed by atoms with E-state index in [0.717, 1.165) is 31.9 Å². The molecular weight excluding hydrogens is 276 g/mol. The van der Waals surface area contributed by atoms with Gasteiger partial charge in [-0.15, -0.1) is 0 Å². The van der Waals surface area contributed by atoms with Crippen LogP contribution in [0.25, 0.3) is 0 Å². The molecule has 0 unspecified atom stereocenters. The molecule has 0 radical (unpaired) electrons. The maximum Gasteiger partial charge on any atom is 0.242 e. The van der Waals surface area contributed by atoms with E-state index in [1.54, 1.807) is 23.1 Å². The monoisotopic (exact) mass is 292 g/mol. The summed E-state index contributed by atoms with van der Waals surface area (Å²) in [6, 6.07) is 7.22. The molecule has 0 spiro atoms. The van der Waals surface area contributed by atoms with Crippen LogP contribution < -0.4 is 10.2 Å². The molecule has 0 aliphatic carbocycles. The van der Waals surface area contributed by atoms with Gasteiger partial charge in [-0.05, 0) is 18.2 Å². The molecular formula is C14H17ClN4O. The summed E-state index contributed by atoms with van der Waals surface area (Å²) in [5.74, 6) is 0.0767. The largest absolute Gasteiger partial charge is 0.364 e. The molecule has 106 valence electrons. The highest BCUT2D eigenvalue weighted by molar-refractivity contribution is 6.30. The summed E-state index contributed by atoms with van der Waals surface area (Å²) in [6.45, 7) is 3.40. The van der Waals surface area contributed by atoms with Gasteiger partial charge in [-0.2, -0.15) is 5.26 Å². The van der Waals surface area contributed by atoms with Crippen LogP contribution in [0.4, 0.5) is 5.69 Å². The van der Waals surface area contributed by atoms with Gasteiger partial charge in [-0.3, -0.25) is 4.79 Å². The molecule has 1 heterocycles. The summed E-state index contributed by atoms with van der Waals surface area (Å²) < 4.78 is 0. The van der Waals surface area contributed by atoms with Crippen LogP contribution >= 0.6 is 11.6 Å². The van der Waals surface area contributed by atoms with Crippen molar-refractivity contribution in [1.82, 2.24) is 10.2 Å². The van der Waals surface area contributed by atoms with E-state index < -0.39 is 0 Å². The number of halogens is 1. The Morgan fingerprint density at radius 2 is 2.20 bits per heavy atom. The number of carbonyl (C=O) groups is 1. The van der Waals surface area contributed by atoms with Crippen LogP contribution in [0.1, 0.15) is 5.56 Å². The molecule has 1 saturated heterocycles. The van der Waals surface area contributed by atoms with E-state index in [1.807, 2.05) is 11.9 Å². The number of likely N-dealkylation sites (N-methyl/N-ethyl adjacent to an activating group) is 1. The van der Waals surface area contributed by atoms with Crippen LogP contribution in [-0.4, -0.2) is 50.6 Å². The molecule has 0 aromatic heterocycles. The number of nitrogens with one attached hydrogen (secondary N) is 1. The minimum Gasteiger partial charge on any atom is -0.364 e. The number of benzene rings is 1. The molecule has 6 heteroatoms. The topological polar surface area (TPSA) is 59.4 Å². The standard InChI is InChI=1S/C14H17ClN4O/c1-18(10-14(20)19-6-4-17-5-7-19)13-3-2-12(15)8-11(13)9-16/h2-3,8,17H,4-7,10H2,1H3. The van der Waals surface area contributed by atoms with Crippen LogP contribution in [0.15, 0.2) is 18.2 Å². The molecule has 2 rings (SSSR count). The number of nitriles is 1. The Kier molecular flexibility index (Phi) is 4.83. The second kappa shape index (κ2) is 6.60. The predicted octanol–water partition coefficient (Wildman–Crippen LogP) is 1.08. The number of anilines is 1. The quantitative estimate of drug-likeness (QED) is 0.906. The van der Waals surface area contributed by atoms with Crippen LogP contribution in [-0.2, 0) is 4.79 Å². The Morgan fingerprint density at radius 1 is 1.50 bits per heavy atom. The Balaban J connectivity index is 2.06. The van der Waals surface area contributed by atoms with Crippen LogP contribution in [0.3, 0.4) is 0 Å². The van der Waals surface area contributed by atoms with Crippen molar-refractivity contribution in [1.29, 1.82) is 5.26 Å². The fourth-order valence-corrected chi connectivity index (χ4v) is 2.41. The lowest BCUT2D eigenvalue weighted by molar-refractivity contribution is -0.130. The van der Waals surface area contributed by atoms with Crippen molar-refractivity contribution in [2.24, 2.45) is 0 Å². The third-order valence-electron chi connectivity index (χ3n) is 3.33. The summed E-state index contributed by atoms with van der Waals surface area (Å²) in [4.78, 5) is 15.8. The molecule has 1 aromatic carbocycles. The summed E-state index contributed by atoms with van der Waals surface area (Å²) in [5.41, 5.74) is 1.20. The molecule has 0 atom stereocenters. The van der Waals surface area contributed by atoms with Crippen LogP contribution in [0.5, 0.6) is 0 Å². The zero-order valence-electron chi connectivity index (χ0n) is 11.4. The molecule has 1 aromatic rings. The lowest BCUT2D eigenvalue weighted by atomic mass is 10.2. The maximum absolute atomic E-state index is 12.2. The molecule has 1 aliphatic heterocycles. The van der Waals surface area contributed by atoms with Gasteiger partial charge in [0.25, 0.3) is 0 Å². The Hall–Kier alpha value is -1.77. The lowest BCUT2D eigenvalue weighted by Crippen LogP contribution is -2.49. The van der Waals surface area contributed by atoms with Crippen LogP contribution in [0.2, 0.25) is 5.02 Å². The molecule has 1 fully saturated rings. The first-order valence-electron chi connectivity index (χ1n) is 6.51. The molecule has 1 amide bonds. The van der Waals surface area contributed by atoms with Gasteiger partial charge in [0, 0.05) is 38.2 Å². The van der Waals surface area contributed by atoms with Gasteiger partial charge >= 0.3 is 0 Å². The first kappa shape index (κ1) is 14.6. The Morgan fingerprint density at radius 3 is 2.85 bits per heavy atom. The van der Waals surface area contributed by atoms with Gasteiger partial charge < -0.3 is 15.1 Å². The van der Waals surface area contributed by atoms with Crippen molar-refractivity contribution in [2.45, 2.75) is 0 Å². The highest BCUT2D eigenvalue weighted by Gasteiger charge is 2.18. The average molecular weight is 293 g/mol. The summed E-state index contributed by atoms with van der Waals surface area (Å²) in [7, 11) is 1.81.